The van der Waals surface area contributed by atoms with Gasteiger partial charge in [0.15, 0.2) is 11.5 Å². The third kappa shape index (κ3) is 4.36. The molecule has 1 aromatic carbocycles. The summed E-state index contributed by atoms with van der Waals surface area (Å²) in [7, 11) is 0. The van der Waals surface area contributed by atoms with E-state index in [2.05, 4.69) is 10.2 Å². The maximum Gasteiger partial charge on any atom is 0.237 e. The van der Waals surface area contributed by atoms with Crippen LogP contribution in [0.2, 0.25) is 0 Å². The van der Waals surface area contributed by atoms with Crippen molar-refractivity contribution in [2.75, 3.05) is 19.6 Å². The number of hydrogen-bond acceptors (Lipinski definition) is 5. The fourth-order valence-corrected chi connectivity index (χ4v) is 3.04. The Morgan fingerprint density at radius 2 is 2.17 bits per heavy atom. The van der Waals surface area contributed by atoms with Crippen LogP contribution in [0.25, 0.3) is 0 Å². The summed E-state index contributed by atoms with van der Waals surface area (Å²) >= 11 is 0. The number of hydrogen-bond donors (Lipinski definition) is 4. The summed E-state index contributed by atoms with van der Waals surface area (Å²) in [5.41, 5.74) is 1.16. The van der Waals surface area contributed by atoms with Crippen molar-refractivity contribution in [3.63, 3.8) is 0 Å². The Labute approximate surface area is 136 Å². The van der Waals surface area contributed by atoms with Crippen LogP contribution in [0.4, 0.5) is 0 Å². The van der Waals surface area contributed by atoms with Crippen molar-refractivity contribution in [3.05, 3.63) is 23.3 Å². The van der Waals surface area contributed by atoms with E-state index in [0.717, 1.165) is 31.4 Å². The summed E-state index contributed by atoms with van der Waals surface area (Å²) in [6.07, 6.45) is 3.46. The lowest BCUT2D eigenvalue weighted by Gasteiger charge is -2.23. The van der Waals surface area contributed by atoms with Crippen LogP contribution in [0.3, 0.4) is 0 Å². The summed E-state index contributed by atoms with van der Waals surface area (Å²) in [6.45, 7) is 4.01. The predicted molar refractivity (Wildman–Crippen MR) is 87.3 cm³/mol. The van der Waals surface area contributed by atoms with Crippen molar-refractivity contribution in [1.82, 2.24) is 10.2 Å². The molecule has 0 radical (unpaired) electrons. The summed E-state index contributed by atoms with van der Waals surface area (Å²) in [5.74, 6) is -0.395. The molecule has 1 saturated heterocycles. The summed E-state index contributed by atoms with van der Waals surface area (Å²) in [5, 5.41) is 31.5. The second-order valence-electron chi connectivity index (χ2n) is 6.02. The van der Waals surface area contributed by atoms with Gasteiger partial charge in [0.25, 0.3) is 0 Å². The van der Waals surface area contributed by atoms with Gasteiger partial charge in [-0.3, -0.25) is 9.69 Å². The van der Waals surface area contributed by atoms with Gasteiger partial charge >= 0.3 is 0 Å². The Morgan fingerprint density at radius 3 is 2.87 bits per heavy atom. The normalized spacial score (nSPS) is 18.3. The zero-order chi connectivity index (χ0) is 16.8. The van der Waals surface area contributed by atoms with Crippen molar-refractivity contribution >= 4 is 5.91 Å². The number of phenols is 2. The molecule has 1 aliphatic heterocycles. The van der Waals surface area contributed by atoms with Crippen molar-refractivity contribution in [2.24, 2.45) is 0 Å². The number of carbonyl (C=O) groups excluding carboxylic acids is 1. The molecule has 1 aromatic rings. The number of nitrogens with zero attached hydrogens (tertiary/aromatic N) is 1. The molecular weight excluding hydrogens is 296 g/mol. The number of phenolic OH excluding ortho intramolecular Hbond substituents is 1. The number of carbonyl (C=O) groups is 1. The minimum atomic E-state index is -0.320. The molecule has 1 aliphatic rings. The first kappa shape index (κ1) is 17.6. The largest absolute Gasteiger partial charge is 0.504 e. The van der Waals surface area contributed by atoms with Gasteiger partial charge in [0.05, 0.1) is 12.6 Å². The number of benzene rings is 1. The van der Waals surface area contributed by atoms with E-state index in [0.29, 0.717) is 25.1 Å². The zero-order valence-electron chi connectivity index (χ0n) is 13.6. The highest BCUT2D eigenvalue weighted by Gasteiger charge is 2.29. The van der Waals surface area contributed by atoms with Gasteiger partial charge in [-0.1, -0.05) is 6.92 Å². The molecule has 0 aromatic heterocycles. The van der Waals surface area contributed by atoms with Crippen molar-refractivity contribution in [2.45, 2.75) is 45.3 Å². The van der Waals surface area contributed by atoms with Gasteiger partial charge < -0.3 is 20.6 Å². The molecule has 0 bridgehead atoms. The van der Waals surface area contributed by atoms with Gasteiger partial charge in [-0.15, -0.1) is 0 Å². The fraction of sp³-hybridized carbons (Fsp3) is 0.588. The van der Waals surface area contributed by atoms with Crippen molar-refractivity contribution in [1.29, 1.82) is 0 Å². The maximum absolute atomic E-state index is 12.2. The second-order valence-corrected chi connectivity index (χ2v) is 6.02. The number of nitrogens with one attached hydrogen (secondary N) is 1. The molecule has 6 heteroatoms. The third-order valence-corrected chi connectivity index (χ3v) is 4.30. The number of amides is 1. The van der Waals surface area contributed by atoms with E-state index >= 15 is 0 Å². The van der Waals surface area contributed by atoms with Crippen LogP contribution in [-0.4, -0.2) is 51.8 Å². The Morgan fingerprint density at radius 1 is 1.39 bits per heavy atom. The van der Waals surface area contributed by atoms with E-state index in [4.69, 9.17) is 0 Å². The maximum atomic E-state index is 12.2. The van der Waals surface area contributed by atoms with Crippen LogP contribution >= 0.6 is 0 Å². The van der Waals surface area contributed by atoms with Gasteiger partial charge in [0, 0.05) is 18.7 Å². The molecule has 0 saturated carbocycles. The first-order valence-electron chi connectivity index (χ1n) is 8.23. The van der Waals surface area contributed by atoms with E-state index in [1.54, 1.807) is 6.07 Å². The molecule has 0 aliphatic carbocycles. The van der Waals surface area contributed by atoms with E-state index in [1.165, 1.54) is 6.07 Å². The van der Waals surface area contributed by atoms with Crippen LogP contribution in [0, 0.1) is 0 Å². The van der Waals surface area contributed by atoms with Crippen LogP contribution in [0.1, 0.15) is 37.3 Å². The average molecular weight is 322 g/mol. The molecule has 2 rings (SSSR count). The summed E-state index contributed by atoms with van der Waals surface area (Å²) in [6, 6.07) is 3.12. The quantitative estimate of drug-likeness (QED) is 0.565. The minimum Gasteiger partial charge on any atom is -0.504 e. The Kier molecular flexibility index (Phi) is 6.24. The third-order valence-electron chi connectivity index (χ3n) is 4.30. The molecular formula is C17H26N2O4. The standard InChI is InChI=1S/C17H26N2O4/c1-2-6-18-17(23)14-4-3-7-19(14)8-5-12-9-13(11-20)16(22)15(21)10-12/h9-10,14,20-22H,2-8,11H2,1H3,(H,18,23). The smallest absolute Gasteiger partial charge is 0.237 e. The SMILES string of the molecule is CCCNC(=O)C1CCCN1CCc1cc(O)c(O)c(CO)c1. The number of aliphatic hydroxyl groups is 1. The molecule has 1 amide bonds. The molecule has 0 spiro atoms. The lowest BCUT2D eigenvalue weighted by Crippen LogP contribution is -2.44. The molecule has 1 heterocycles. The predicted octanol–water partition coefficient (Wildman–Crippen LogP) is 1.12. The molecule has 128 valence electrons. The number of rotatable bonds is 7. The minimum absolute atomic E-state index is 0.0791. The highest BCUT2D eigenvalue weighted by atomic mass is 16.3. The van der Waals surface area contributed by atoms with Gasteiger partial charge in [0.1, 0.15) is 0 Å². The van der Waals surface area contributed by atoms with Crippen molar-refractivity contribution in [3.8, 4) is 11.5 Å². The van der Waals surface area contributed by atoms with E-state index in [1.807, 2.05) is 6.92 Å². The zero-order valence-corrected chi connectivity index (χ0v) is 13.6. The highest BCUT2D eigenvalue weighted by molar-refractivity contribution is 5.82. The molecule has 23 heavy (non-hydrogen) atoms. The highest BCUT2D eigenvalue weighted by Crippen LogP contribution is 2.31. The Balaban J connectivity index is 1.97. The fourth-order valence-electron chi connectivity index (χ4n) is 3.04. The number of aliphatic hydroxyl groups excluding tert-OH is 1. The van der Waals surface area contributed by atoms with E-state index in [9.17, 15) is 20.1 Å². The molecule has 1 fully saturated rings. The molecule has 1 atom stereocenters. The van der Waals surface area contributed by atoms with E-state index in [-0.39, 0.29) is 30.1 Å². The molecule has 6 nitrogen and oxygen atoms in total. The first-order valence-corrected chi connectivity index (χ1v) is 8.23. The summed E-state index contributed by atoms with van der Waals surface area (Å²) in [4.78, 5) is 14.3. The Hall–Kier alpha value is -1.79. The average Bonchev–Trinajstić information content (AvgIpc) is 3.02. The van der Waals surface area contributed by atoms with Crippen LogP contribution in [-0.2, 0) is 17.8 Å². The molecule has 1 unspecified atom stereocenters. The van der Waals surface area contributed by atoms with E-state index < -0.39 is 0 Å². The lowest BCUT2D eigenvalue weighted by atomic mass is 10.1. The lowest BCUT2D eigenvalue weighted by molar-refractivity contribution is -0.125. The Bertz CT molecular complexity index is 548. The van der Waals surface area contributed by atoms with Gasteiger partial charge in [-0.25, -0.2) is 0 Å². The van der Waals surface area contributed by atoms with Gasteiger partial charge in [-0.2, -0.15) is 0 Å². The van der Waals surface area contributed by atoms with Crippen molar-refractivity contribution < 1.29 is 20.1 Å². The summed E-state index contributed by atoms with van der Waals surface area (Å²) < 4.78 is 0. The van der Waals surface area contributed by atoms with Gasteiger partial charge in [0.2, 0.25) is 5.91 Å². The number of likely N-dealkylation sites (tertiary alicyclic amines) is 1. The van der Waals surface area contributed by atoms with Crippen LogP contribution in [0.15, 0.2) is 12.1 Å². The second kappa shape index (κ2) is 8.17. The van der Waals surface area contributed by atoms with Crippen LogP contribution in [0.5, 0.6) is 11.5 Å². The molecule has 4 N–H and O–H groups in total. The topological polar surface area (TPSA) is 93.0 Å². The van der Waals surface area contributed by atoms with Crippen LogP contribution < -0.4 is 5.32 Å². The number of aromatic hydroxyl groups is 2. The monoisotopic (exact) mass is 322 g/mol. The van der Waals surface area contributed by atoms with Gasteiger partial charge in [-0.05, 0) is 49.9 Å². The first-order chi connectivity index (χ1) is 11.1.